The van der Waals surface area contributed by atoms with E-state index in [1.807, 2.05) is 19.1 Å². The topological polar surface area (TPSA) is 29.1 Å². The molecule has 1 amide bonds. The van der Waals surface area contributed by atoms with Gasteiger partial charge in [-0.3, -0.25) is 4.79 Å². The molecule has 0 heterocycles. The molecule has 2 rings (SSSR count). The first-order valence-electron chi connectivity index (χ1n) is 5.99. The molecule has 104 valence electrons. The zero-order chi connectivity index (χ0) is 14.7. The van der Waals surface area contributed by atoms with Gasteiger partial charge in [-0.2, -0.15) is 0 Å². The van der Waals surface area contributed by atoms with E-state index < -0.39 is 0 Å². The molecule has 1 atom stereocenters. The number of carbonyl (C=O) groups excluding carboxylic acids is 1. The van der Waals surface area contributed by atoms with E-state index in [1.165, 1.54) is 0 Å². The summed E-state index contributed by atoms with van der Waals surface area (Å²) in [5, 5.41) is 4.37. The lowest BCUT2D eigenvalue weighted by Crippen LogP contribution is -2.26. The molecule has 5 heteroatoms. The van der Waals surface area contributed by atoms with Crippen LogP contribution < -0.4 is 5.32 Å². The summed E-state index contributed by atoms with van der Waals surface area (Å²) in [5.41, 5.74) is 1.37. The van der Waals surface area contributed by atoms with Crippen molar-refractivity contribution in [3.8, 4) is 0 Å². The Labute approximate surface area is 132 Å². The lowest BCUT2D eigenvalue weighted by Gasteiger charge is -2.15. The van der Waals surface area contributed by atoms with Crippen molar-refractivity contribution >= 4 is 40.7 Å². The molecule has 20 heavy (non-hydrogen) atoms. The molecule has 0 fully saturated rings. The number of carbonyl (C=O) groups is 1. The summed E-state index contributed by atoms with van der Waals surface area (Å²) in [4.78, 5) is 12.2. The van der Waals surface area contributed by atoms with Crippen LogP contribution in [0.3, 0.4) is 0 Å². The summed E-state index contributed by atoms with van der Waals surface area (Å²) in [7, 11) is 0. The van der Waals surface area contributed by atoms with Crippen LogP contribution in [0.5, 0.6) is 0 Å². The SMILES string of the molecule is C[C@H](NC(=O)c1ccc(Cl)cc1Cl)c1ccc(Cl)cc1. The molecule has 0 aromatic heterocycles. The number of nitrogens with one attached hydrogen (secondary N) is 1. The molecule has 0 bridgehead atoms. The Balaban J connectivity index is 2.13. The summed E-state index contributed by atoms with van der Waals surface area (Å²) in [5.74, 6) is -0.242. The fourth-order valence-corrected chi connectivity index (χ4v) is 2.40. The van der Waals surface area contributed by atoms with Gasteiger partial charge in [-0.25, -0.2) is 0 Å². The molecule has 0 aliphatic heterocycles. The van der Waals surface area contributed by atoms with Crippen molar-refractivity contribution in [2.75, 3.05) is 0 Å². The molecule has 2 nitrogen and oxygen atoms in total. The van der Waals surface area contributed by atoms with Gasteiger partial charge in [-0.05, 0) is 42.8 Å². The zero-order valence-corrected chi connectivity index (χ0v) is 12.9. The maximum absolute atomic E-state index is 12.2. The summed E-state index contributed by atoms with van der Waals surface area (Å²) in [6.07, 6.45) is 0. The molecular formula is C15H12Cl3NO. The highest BCUT2D eigenvalue weighted by molar-refractivity contribution is 6.36. The third-order valence-electron chi connectivity index (χ3n) is 2.89. The number of hydrogen-bond acceptors (Lipinski definition) is 1. The summed E-state index contributed by atoms with van der Waals surface area (Å²) in [6.45, 7) is 1.89. The molecule has 0 unspecified atom stereocenters. The van der Waals surface area contributed by atoms with Gasteiger partial charge in [-0.15, -0.1) is 0 Å². The van der Waals surface area contributed by atoms with Gasteiger partial charge in [0.15, 0.2) is 0 Å². The van der Waals surface area contributed by atoms with Crippen molar-refractivity contribution in [2.24, 2.45) is 0 Å². The van der Waals surface area contributed by atoms with Crippen LogP contribution in [0.4, 0.5) is 0 Å². The largest absolute Gasteiger partial charge is 0.345 e. The maximum Gasteiger partial charge on any atom is 0.253 e. The second-order valence-corrected chi connectivity index (χ2v) is 5.65. The van der Waals surface area contributed by atoms with E-state index >= 15 is 0 Å². The van der Waals surface area contributed by atoms with Gasteiger partial charge in [0.05, 0.1) is 16.6 Å². The molecular weight excluding hydrogens is 317 g/mol. The molecule has 2 aromatic carbocycles. The molecule has 0 spiro atoms. The predicted octanol–water partition coefficient (Wildman–Crippen LogP) is 5.14. The minimum atomic E-state index is -0.242. The zero-order valence-electron chi connectivity index (χ0n) is 10.7. The van der Waals surface area contributed by atoms with E-state index in [0.717, 1.165) is 5.56 Å². The third-order valence-corrected chi connectivity index (χ3v) is 3.69. The van der Waals surface area contributed by atoms with Gasteiger partial charge < -0.3 is 5.32 Å². The van der Waals surface area contributed by atoms with Crippen molar-refractivity contribution in [1.82, 2.24) is 5.32 Å². The number of halogens is 3. The number of benzene rings is 2. The Morgan fingerprint density at radius 3 is 2.20 bits per heavy atom. The van der Waals surface area contributed by atoms with Crippen LogP contribution in [-0.2, 0) is 0 Å². The molecule has 0 aliphatic rings. The molecule has 0 saturated carbocycles. The van der Waals surface area contributed by atoms with Crippen molar-refractivity contribution < 1.29 is 4.79 Å². The summed E-state index contributed by atoms with van der Waals surface area (Å²) in [6, 6.07) is 12.0. The van der Waals surface area contributed by atoms with Crippen molar-refractivity contribution in [2.45, 2.75) is 13.0 Å². The van der Waals surface area contributed by atoms with Crippen LogP contribution in [0.2, 0.25) is 15.1 Å². The third kappa shape index (κ3) is 3.66. The second kappa shape index (κ2) is 6.49. The monoisotopic (exact) mass is 327 g/mol. The average molecular weight is 329 g/mol. The van der Waals surface area contributed by atoms with E-state index in [0.29, 0.717) is 20.6 Å². The number of hydrogen-bond donors (Lipinski definition) is 1. The van der Waals surface area contributed by atoms with Crippen LogP contribution in [0.15, 0.2) is 42.5 Å². The predicted molar refractivity (Wildman–Crippen MR) is 83.8 cm³/mol. The van der Waals surface area contributed by atoms with E-state index in [9.17, 15) is 4.79 Å². The fraction of sp³-hybridized carbons (Fsp3) is 0.133. The summed E-state index contributed by atoms with van der Waals surface area (Å²) >= 11 is 17.7. The van der Waals surface area contributed by atoms with E-state index in [1.54, 1.807) is 30.3 Å². The van der Waals surface area contributed by atoms with Crippen molar-refractivity contribution in [1.29, 1.82) is 0 Å². The van der Waals surface area contributed by atoms with Crippen molar-refractivity contribution in [3.05, 3.63) is 68.7 Å². The Morgan fingerprint density at radius 1 is 1.00 bits per heavy atom. The van der Waals surface area contributed by atoms with Gasteiger partial charge >= 0.3 is 0 Å². The Hall–Kier alpha value is -1.22. The second-order valence-electron chi connectivity index (χ2n) is 4.37. The fourth-order valence-electron chi connectivity index (χ4n) is 1.78. The summed E-state index contributed by atoms with van der Waals surface area (Å²) < 4.78 is 0. The lowest BCUT2D eigenvalue weighted by molar-refractivity contribution is 0.0940. The lowest BCUT2D eigenvalue weighted by atomic mass is 10.1. The van der Waals surface area contributed by atoms with Gasteiger partial charge in [-0.1, -0.05) is 46.9 Å². The molecule has 0 radical (unpaired) electrons. The van der Waals surface area contributed by atoms with Gasteiger partial charge in [0.25, 0.3) is 5.91 Å². The van der Waals surface area contributed by atoms with Crippen molar-refractivity contribution in [3.63, 3.8) is 0 Å². The minimum absolute atomic E-state index is 0.147. The first-order chi connectivity index (χ1) is 9.47. The van der Waals surface area contributed by atoms with Crippen LogP contribution in [0, 0.1) is 0 Å². The van der Waals surface area contributed by atoms with E-state index in [2.05, 4.69) is 5.32 Å². The first kappa shape index (κ1) is 15.2. The normalized spacial score (nSPS) is 12.0. The van der Waals surface area contributed by atoms with Gasteiger partial charge in [0, 0.05) is 10.0 Å². The van der Waals surface area contributed by atoms with Crippen LogP contribution in [0.1, 0.15) is 28.9 Å². The van der Waals surface area contributed by atoms with E-state index in [4.69, 9.17) is 34.8 Å². The smallest absolute Gasteiger partial charge is 0.253 e. The molecule has 0 aliphatic carbocycles. The van der Waals surface area contributed by atoms with Crippen LogP contribution >= 0.6 is 34.8 Å². The standard InChI is InChI=1S/C15H12Cl3NO/c1-9(10-2-4-11(16)5-3-10)19-15(20)13-7-6-12(17)8-14(13)18/h2-9H,1H3,(H,19,20)/t9-/m0/s1. The number of rotatable bonds is 3. The number of amides is 1. The quantitative estimate of drug-likeness (QED) is 0.830. The molecule has 2 aromatic rings. The minimum Gasteiger partial charge on any atom is -0.345 e. The highest BCUT2D eigenvalue weighted by Gasteiger charge is 2.14. The average Bonchev–Trinajstić information content (AvgIpc) is 2.39. The Kier molecular flexibility index (Phi) is 4.92. The molecule has 0 saturated heterocycles. The maximum atomic E-state index is 12.2. The molecule has 1 N–H and O–H groups in total. The van der Waals surface area contributed by atoms with Crippen LogP contribution in [-0.4, -0.2) is 5.91 Å². The highest BCUT2D eigenvalue weighted by Crippen LogP contribution is 2.22. The van der Waals surface area contributed by atoms with Gasteiger partial charge in [0.1, 0.15) is 0 Å². The highest BCUT2D eigenvalue weighted by atomic mass is 35.5. The van der Waals surface area contributed by atoms with Gasteiger partial charge in [0.2, 0.25) is 0 Å². The van der Waals surface area contributed by atoms with E-state index in [-0.39, 0.29) is 11.9 Å². The Morgan fingerprint density at radius 2 is 1.60 bits per heavy atom. The first-order valence-corrected chi connectivity index (χ1v) is 7.12. The van der Waals surface area contributed by atoms with Crippen LogP contribution in [0.25, 0.3) is 0 Å². The Bertz CT molecular complexity index is 626.